The van der Waals surface area contributed by atoms with Gasteiger partial charge in [-0.2, -0.15) is 0 Å². The fraction of sp³-hybridized carbons (Fsp3) is 0.917. The van der Waals surface area contributed by atoms with Crippen LogP contribution in [0.2, 0.25) is 0 Å². The molecule has 1 saturated heterocycles. The minimum atomic E-state index is -0.744. The maximum atomic E-state index is 10.9. The van der Waals surface area contributed by atoms with Crippen LogP contribution in [-0.2, 0) is 9.53 Å². The van der Waals surface area contributed by atoms with Crippen LogP contribution in [0.15, 0.2) is 0 Å². The minimum absolute atomic E-state index is 0.131. The highest BCUT2D eigenvalue weighted by Crippen LogP contribution is 2.30. The summed E-state index contributed by atoms with van der Waals surface area (Å²) in [6, 6.07) is 1.18. The molecule has 5 heteroatoms. The molecule has 0 bridgehead atoms. The van der Waals surface area contributed by atoms with E-state index >= 15 is 0 Å². The molecule has 17 heavy (non-hydrogen) atoms. The van der Waals surface area contributed by atoms with E-state index in [0.29, 0.717) is 19.2 Å². The van der Waals surface area contributed by atoms with E-state index in [0.717, 1.165) is 25.6 Å². The number of hydrogen-bond acceptors (Lipinski definition) is 4. The van der Waals surface area contributed by atoms with Crippen LogP contribution in [0.3, 0.4) is 0 Å². The monoisotopic (exact) mass is 242 g/mol. The molecule has 1 unspecified atom stereocenters. The van der Waals surface area contributed by atoms with Crippen molar-refractivity contribution in [3.63, 3.8) is 0 Å². The summed E-state index contributed by atoms with van der Waals surface area (Å²) < 4.78 is 5.05. The van der Waals surface area contributed by atoms with Crippen molar-refractivity contribution in [3.8, 4) is 0 Å². The average molecular weight is 242 g/mol. The van der Waals surface area contributed by atoms with Gasteiger partial charge in [0.2, 0.25) is 0 Å². The Bertz CT molecular complexity index is 268. The van der Waals surface area contributed by atoms with E-state index in [1.54, 1.807) is 7.11 Å². The van der Waals surface area contributed by atoms with Crippen molar-refractivity contribution in [1.29, 1.82) is 0 Å². The zero-order valence-electron chi connectivity index (χ0n) is 10.5. The lowest BCUT2D eigenvalue weighted by Crippen LogP contribution is -2.42. The molecular formula is C12H22N2O3. The fourth-order valence-electron chi connectivity index (χ4n) is 2.61. The van der Waals surface area contributed by atoms with Gasteiger partial charge in [0.15, 0.2) is 0 Å². The molecule has 0 aromatic heterocycles. The zero-order valence-corrected chi connectivity index (χ0v) is 10.5. The second-order valence-corrected chi connectivity index (χ2v) is 5.03. The molecule has 1 aliphatic heterocycles. The van der Waals surface area contributed by atoms with Gasteiger partial charge in [-0.05, 0) is 19.3 Å². The van der Waals surface area contributed by atoms with Crippen LogP contribution in [-0.4, -0.2) is 72.9 Å². The molecule has 0 radical (unpaired) electrons. The van der Waals surface area contributed by atoms with Crippen LogP contribution in [0.25, 0.3) is 0 Å². The number of hydrogen-bond donors (Lipinski definition) is 1. The van der Waals surface area contributed by atoms with E-state index in [1.165, 1.54) is 12.8 Å². The van der Waals surface area contributed by atoms with Crippen LogP contribution in [0.4, 0.5) is 0 Å². The Labute approximate surface area is 102 Å². The molecule has 5 nitrogen and oxygen atoms in total. The van der Waals surface area contributed by atoms with E-state index in [-0.39, 0.29) is 6.54 Å². The van der Waals surface area contributed by atoms with Gasteiger partial charge >= 0.3 is 5.97 Å². The van der Waals surface area contributed by atoms with Crippen LogP contribution >= 0.6 is 0 Å². The number of rotatable bonds is 7. The lowest BCUT2D eigenvalue weighted by molar-refractivity contribution is -0.139. The number of aliphatic carboxylic acids is 1. The van der Waals surface area contributed by atoms with Gasteiger partial charge in [-0.1, -0.05) is 0 Å². The van der Waals surface area contributed by atoms with Crippen LogP contribution in [0.1, 0.15) is 19.3 Å². The van der Waals surface area contributed by atoms with Gasteiger partial charge in [-0.3, -0.25) is 14.6 Å². The Balaban J connectivity index is 1.83. The molecule has 1 N–H and O–H groups in total. The van der Waals surface area contributed by atoms with Gasteiger partial charge < -0.3 is 9.84 Å². The Morgan fingerprint density at radius 3 is 2.82 bits per heavy atom. The molecule has 0 aromatic carbocycles. The van der Waals surface area contributed by atoms with E-state index < -0.39 is 5.97 Å². The van der Waals surface area contributed by atoms with E-state index in [4.69, 9.17) is 9.84 Å². The molecule has 1 heterocycles. The quantitative estimate of drug-likeness (QED) is 0.694. The van der Waals surface area contributed by atoms with Gasteiger partial charge in [-0.15, -0.1) is 0 Å². The largest absolute Gasteiger partial charge is 0.480 e. The number of ether oxygens (including phenoxy) is 1. The van der Waals surface area contributed by atoms with Gasteiger partial charge in [-0.25, -0.2) is 0 Å². The molecule has 1 saturated carbocycles. The van der Waals surface area contributed by atoms with Crippen molar-refractivity contribution < 1.29 is 14.6 Å². The fourth-order valence-corrected chi connectivity index (χ4v) is 2.61. The Kier molecular flexibility index (Phi) is 4.36. The molecule has 2 rings (SSSR count). The molecule has 1 atom stereocenters. The Morgan fingerprint density at radius 1 is 1.47 bits per heavy atom. The number of carboxylic acids is 1. The lowest BCUT2D eigenvalue weighted by atomic mass is 10.2. The predicted molar refractivity (Wildman–Crippen MR) is 64.1 cm³/mol. The van der Waals surface area contributed by atoms with Crippen molar-refractivity contribution in [3.05, 3.63) is 0 Å². The smallest absolute Gasteiger partial charge is 0.317 e. The Morgan fingerprint density at radius 2 is 2.24 bits per heavy atom. The molecule has 0 amide bonds. The maximum absolute atomic E-state index is 10.9. The minimum Gasteiger partial charge on any atom is -0.480 e. The molecular weight excluding hydrogens is 220 g/mol. The topological polar surface area (TPSA) is 53.0 Å². The molecule has 2 aliphatic rings. The summed E-state index contributed by atoms with van der Waals surface area (Å²) >= 11 is 0. The summed E-state index contributed by atoms with van der Waals surface area (Å²) in [5, 5.41) is 8.93. The number of nitrogens with zero attached hydrogens (tertiary/aromatic N) is 2. The highest BCUT2D eigenvalue weighted by Gasteiger charge is 2.36. The van der Waals surface area contributed by atoms with Crippen LogP contribution in [0.5, 0.6) is 0 Å². The number of carbonyl (C=O) groups is 1. The van der Waals surface area contributed by atoms with Crippen LogP contribution in [0, 0.1) is 0 Å². The van der Waals surface area contributed by atoms with Gasteiger partial charge in [0, 0.05) is 38.8 Å². The first kappa shape index (κ1) is 12.8. The summed E-state index contributed by atoms with van der Waals surface area (Å²) in [7, 11) is 1.66. The Hall–Kier alpha value is -0.650. The van der Waals surface area contributed by atoms with Crippen molar-refractivity contribution in [1.82, 2.24) is 9.80 Å². The second kappa shape index (κ2) is 5.80. The van der Waals surface area contributed by atoms with Crippen molar-refractivity contribution in [2.45, 2.75) is 31.3 Å². The lowest BCUT2D eigenvalue weighted by Gasteiger charge is -2.27. The van der Waals surface area contributed by atoms with Crippen molar-refractivity contribution >= 4 is 5.97 Å². The van der Waals surface area contributed by atoms with E-state index in [1.807, 2.05) is 4.90 Å². The molecule has 2 fully saturated rings. The predicted octanol–water partition coefficient (Wildman–Crippen LogP) is 0.256. The summed E-state index contributed by atoms with van der Waals surface area (Å²) in [6.45, 7) is 3.60. The molecule has 0 aromatic rings. The summed E-state index contributed by atoms with van der Waals surface area (Å²) in [5.74, 6) is -0.744. The third-order valence-corrected chi connectivity index (χ3v) is 3.70. The van der Waals surface area contributed by atoms with E-state index in [2.05, 4.69) is 4.90 Å². The van der Waals surface area contributed by atoms with Crippen molar-refractivity contribution in [2.24, 2.45) is 0 Å². The zero-order chi connectivity index (χ0) is 12.3. The number of methoxy groups -OCH3 is 1. The molecule has 98 valence electrons. The number of carboxylic acid groups (broad SMARTS) is 1. The SMILES string of the molecule is COCCN(CC(=O)O)C1CCN(C2CC2)C1. The molecule has 0 spiro atoms. The van der Waals surface area contributed by atoms with Crippen LogP contribution < -0.4 is 0 Å². The first-order valence-electron chi connectivity index (χ1n) is 6.39. The summed E-state index contributed by atoms with van der Waals surface area (Å²) in [5.41, 5.74) is 0. The maximum Gasteiger partial charge on any atom is 0.317 e. The summed E-state index contributed by atoms with van der Waals surface area (Å²) in [4.78, 5) is 15.4. The highest BCUT2D eigenvalue weighted by atomic mass is 16.5. The number of likely N-dealkylation sites (tertiary alicyclic amines) is 1. The highest BCUT2D eigenvalue weighted by molar-refractivity contribution is 5.69. The molecule has 1 aliphatic carbocycles. The van der Waals surface area contributed by atoms with E-state index in [9.17, 15) is 4.79 Å². The average Bonchev–Trinajstić information content (AvgIpc) is 3.02. The van der Waals surface area contributed by atoms with Gasteiger partial charge in [0.1, 0.15) is 0 Å². The third-order valence-electron chi connectivity index (χ3n) is 3.70. The summed E-state index contributed by atoms with van der Waals surface area (Å²) in [6.07, 6.45) is 3.74. The second-order valence-electron chi connectivity index (χ2n) is 5.03. The van der Waals surface area contributed by atoms with Gasteiger partial charge in [0.25, 0.3) is 0 Å². The van der Waals surface area contributed by atoms with Gasteiger partial charge in [0.05, 0.1) is 13.2 Å². The normalized spacial score (nSPS) is 25.6. The van der Waals surface area contributed by atoms with Crippen molar-refractivity contribution in [2.75, 3.05) is 39.9 Å². The standard InChI is InChI=1S/C12H22N2O3/c1-17-7-6-14(9-12(15)16)11-4-5-13(8-11)10-2-3-10/h10-11H,2-9H2,1H3,(H,15,16). The first-order valence-corrected chi connectivity index (χ1v) is 6.39. The first-order chi connectivity index (χ1) is 8.20. The third kappa shape index (κ3) is 3.66.